The van der Waals surface area contributed by atoms with Gasteiger partial charge in [-0.05, 0) is 12.8 Å². The molecule has 2 unspecified atom stereocenters. The predicted molar refractivity (Wildman–Crippen MR) is 74.5 cm³/mol. The zero-order valence-electron chi connectivity index (χ0n) is 11.5. The molecular formula is C12H21N3O3S. The molecule has 19 heavy (non-hydrogen) atoms. The Hall–Kier alpha value is -1.23. The molecule has 3 atom stereocenters. The molecule has 0 saturated carbocycles. The fraction of sp³-hybridized carbons (Fsp3) is 0.667. The third-order valence-corrected chi connectivity index (χ3v) is 3.17. The summed E-state index contributed by atoms with van der Waals surface area (Å²) in [6, 6.07) is 1.68. The van der Waals surface area contributed by atoms with Gasteiger partial charge in [0, 0.05) is 18.5 Å². The second kappa shape index (κ2) is 8.04. The molecule has 0 aromatic heterocycles. The molecule has 0 saturated heterocycles. The molecule has 0 aliphatic heterocycles. The van der Waals surface area contributed by atoms with Gasteiger partial charge in [-0.15, -0.1) is 6.58 Å². The highest BCUT2D eigenvalue weighted by molar-refractivity contribution is 7.85. The molecule has 0 aromatic rings. The summed E-state index contributed by atoms with van der Waals surface area (Å²) in [4.78, 5) is 0. The Morgan fingerprint density at radius 3 is 2.58 bits per heavy atom. The van der Waals surface area contributed by atoms with Crippen molar-refractivity contribution in [1.29, 1.82) is 10.7 Å². The van der Waals surface area contributed by atoms with Crippen molar-refractivity contribution >= 4 is 15.8 Å². The predicted octanol–water partition coefficient (Wildman–Crippen LogP) is 0.922. The van der Waals surface area contributed by atoms with E-state index in [0.29, 0.717) is 6.54 Å². The van der Waals surface area contributed by atoms with Crippen LogP contribution in [0.4, 0.5) is 0 Å². The molecule has 0 heterocycles. The molecular weight excluding hydrogens is 266 g/mol. The van der Waals surface area contributed by atoms with E-state index in [-0.39, 0.29) is 30.2 Å². The number of nitriles is 1. The maximum Gasteiger partial charge on any atom is 0.264 e. The first-order chi connectivity index (χ1) is 8.71. The van der Waals surface area contributed by atoms with Gasteiger partial charge in [0.25, 0.3) is 10.1 Å². The summed E-state index contributed by atoms with van der Waals surface area (Å²) in [6.45, 7) is 7.94. The molecule has 6 nitrogen and oxygen atoms in total. The van der Waals surface area contributed by atoms with Crippen molar-refractivity contribution in [1.82, 2.24) is 5.32 Å². The topological polar surface area (TPSA) is 103 Å². The van der Waals surface area contributed by atoms with E-state index in [1.54, 1.807) is 12.1 Å². The molecule has 0 aliphatic rings. The maximum atomic E-state index is 10.8. The standard InChI is InChI=1S/C12H21N3O3S/c1-5-11(12(14)6-13)10(3)15-7-9(2)8-18-19(4,16)17/h5,9-11,14-15H,1,7-8H2,2-4H3/t9-,10?,11?/m0/s1. The Morgan fingerprint density at radius 2 is 2.16 bits per heavy atom. The Labute approximate surface area is 115 Å². The quantitative estimate of drug-likeness (QED) is 0.373. The van der Waals surface area contributed by atoms with Gasteiger partial charge in [0.2, 0.25) is 0 Å². The van der Waals surface area contributed by atoms with Gasteiger partial charge in [0.05, 0.1) is 12.9 Å². The lowest BCUT2D eigenvalue weighted by Gasteiger charge is -2.22. The second-order valence-electron chi connectivity index (χ2n) is 4.58. The van der Waals surface area contributed by atoms with Crippen LogP contribution >= 0.6 is 0 Å². The van der Waals surface area contributed by atoms with Gasteiger partial charge in [-0.1, -0.05) is 13.0 Å². The van der Waals surface area contributed by atoms with Crippen molar-refractivity contribution in [3.8, 4) is 6.07 Å². The summed E-state index contributed by atoms with van der Waals surface area (Å²) in [7, 11) is -3.42. The summed E-state index contributed by atoms with van der Waals surface area (Å²) >= 11 is 0. The fourth-order valence-corrected chi connectivity index (χ4v) is 1.94. The van der Waals surface area contributed by atoms with Gasteiger partial charge < -0.3 is 5.32 Å². The van der Waals surface area contributed by atoms with Crippen LogP contribution in [0, 0.1) is 28.6 Å². The van der Waals surface area contributed by atoms with Crippen molar-refractivity contribution in [2.75, 3.05) is 19.4 Å². The Balaban J connectivity index is 4.21. The van der Waals surface area contributed by atoms with Crippen LogP contribution in [-0.2, 0) is 14.3 Å². The molecule has 0 rings (SSSR count). The van der Waals surface area contributed by atoms with E-state index < -0.39 is 10.1 Å². The van der Waals surface area contributed by atoms with E-state index in [0.717, 1.165) is 6.26 Å². The number of hydrogen-bond acceptors (Lipinski definition) is 6. The highest BCUT2D eigenvalue weighted by Gasteiger charge is 2.19. The fourth-order valence-electron chi connectivity index (χ4n) is 1.46. The lowest BCUT2D eigenvalue weighted by Crippen LogP contribution is -2.39. The van der Waals surface area contributed by atoms with E-state index in [4.69, 9.17) is 14.9 Å². The summed E-state index contributed by atoms with van der Waals surface area (Å²) in [5, 5.41) is 19.3. The smallest absolute Gasteiger partial charge is 0.264 e. The van der Waals surface area contributed by atoms with Crippen molar-refractivity contribution in [2.24, 2.45) is 11.8 Å². The summed E-state index contributed by atoms with van der Waals surface area (Å²) < 4.78 is 26.4. The van der Waals surface area contributed by atoms with Gasteiger partial charge in [0.1, 0.15) is 11.8 Å². The van der Waals surface area contributed by atoms with E-state index in [1.165, 1.54) is 0 Å². The minimum Gasteiger partial charge on any atom is -0.313 e. The van der Waals surface area contributed by atoms with Crippen LogP contribution in [0.15, 0.2) is 12.7 Å². The van der Waals surface area contributed by atoms with Gasteiger partial charge in [-0.3, -0.25) is 9.59 Å². The van der Waals surface area contributed by atoms with Gasteiger partial charge in [-0.2, -0.15) is 13.7 Å². The average Bonchev–Trinajstić information content (AvgIpc) is 2.33. The van der Waals surface area contributed by atoms with Crippen LogP contribution in [0.3, 0.4) is 0 Å². The first-order valence-corrected chi connectivity index (χ1v) is 7.71. The van der Waals surface area contributed by atoms with Gasteiger partial charge in [-0.25, -0.2) is 0 Å². The van der Waals surface area contributed by atoms with Crippen LogP contribution in [0.5, 0.6) is 0 Å². The first kappa shape index (κ1) is 17.8. The van der Waals surface area contributed by atoms with E-state index in [2.05, 4.69) is 11.9 Å². The number of nitrogens with one attached hydrogen (secondary N) is 2. The van der Waals surface area contributed by atoms with Crippen LogP contribution in [0.25, 0.3) is 0 Å². The lowest BCUT2D eigenvalue weighted by atomic mass is 9.96. The number of hydrogen-bond donors (Lipinski definition) is 2. The molecule has 0 amide bonds. The molecule has 108 valence electrons. The van der Waals surface area contributed by atoms with Gasteiger partial charge >= 0.3 is 0 Å². The van der Waals surface area contributed by atoms with E-state index in [1.807, 2.05) is 13.8 Å². The highest BCUT2D eigenvalue weighted by Crippen LogP contribution is 2.07. The zero-order valence-corrected chi connectivity index (χ0v) is 12.3. The third-order valence-electron chi connectivity index (χ3n) is 2.60. The van der Waals surface area contributed by atoms with E-state index >= 15 is 0 Å². The summed E-state index contributed by atoms with van der Waals surface area (Å²) in [5.41, 5.74) is -0.0463. The van der Waals surface area contributed by atoms with Gasteiger partial charge in [0.15, 0.2) is 0 Å². The molecule has 7 heteroatoms. The molecule has 0 aliphatic carbocycles. The van der Waals surface area contributed by atoms with Crippen molar-refractivity contribution < 1.29 is 12.6 Å². The Morgan fingerprint density at radius 1 is 1.58 bits per heavy atom. The summed E-state index contributed by atoms with van der Waals surface area (Å²) in [5.74, 6) is -0.355. The molecule has 2 N–H and O–H groups in total. The minimum absolute atomic E-state index is 0.00101. The third kappa shape index (κ3) is 7.72. The minimum atomic E-state index is -3.42. The SMILES string of the molecule is C=CC(C(=N)C#N)C(C)NC[C@H](C)COS(C)(=O)=O. The second-order valence-corrected chi connectivity index (χ2v) is 6.22. The highest BCUT2D eigenvalue weighted by atomic mass is 32.2. The maximum absolute atomic E-state index is 10.8. The molecule has 0 aromatic carbocycles. The Kier molecular flexibility index (Phi) is 7.52. The van der Waals surface area contributed by atoms with Crippen molar-refractivity contribution in [3.05, 3.63) is 12.7 Å². The monoisotopic (exact) mass is 287 g/mol. The van der Waals surface area contributed by atoms with E-state index in [9.17, 15) is 8.42 Å². The van der Waals surface area contributed by atoms with Crippen molar-refractivity contribution in [3.63, 3.8) is 0 Å². The van der Waals surface area contributed by atoms with Crippen LogP contribution < -0.4 is 5.32 Å². The largest absolute Gasteiger partial charge is 0.313 e. The number of nitrogens with zero attached hydrogens (tertiary/aromatic N) is 1. The average molecular weight is 287 g/mol. The first-order valence-electron chi connectivity index (χ1n) is 5.90. The number of rotatable bonds is 9. The van der Waals surface area contributed by atoms with Crippen LogP contribution in [-0.4, -0.2) is 39.6 Å². The molecule has 0 bridgehead atoms. The Bertz CT molecular complexity index is 453. The zero-order chi connectivity index (χ0) is 15.1. The summed E-state index contributed by atoms with van der Waals surface area (Å²) in [6.07, 6.45) is 2.57. The van der Waals surface area contributed by atoms with Crippen LogP contribution in [0.2, 0.25) is 0 Å². The normalized spacial score (nSPS) is 16.1. The molecule has 0 fully saturated rings. The van der Waals surface area contributed by atoms with Crippen LogP contribution in [0.1, 0.15) is 13.8 Å². The molecule has 0 spiro atoms. The lowest BCUT2D eigenvalue weighted by molar-refractivity contribution is 0.257. The van der Waals surface area contributed by atoms with Crippen molar-refractivity contribution in [2.45, 2.75) is 19.9 Å². The molecule has 0 radical (unpaired) electrons.